The van der Waals surface area contributed by atoms with Crippen LogP contribution in [0.4, 0.5) is 17.2 Å². The Morgan fingerprint density at radius 3 is 2.69 bits per heavy atom. The van der Waals surface area contributed by atoms with Crippen LogP contribution in [0, 0.1) is 5.92 Å². The Kier molecular flexibility index (Phi) is 8.07. The van der Waals surface area contributed by atoms with E-state index in [-0.39, 0.29) is 0 Å². The van der Waals surface area contributed by atoms with Crippen LogP contribution in [0.1, 0.15) is 32.1 Å². The second kappa shape index (κ2) is 11.4. The van der Waals surface area contributed by atoms with Gasteiger partial charge in [-0.25, -0.2) is 4.98 Å². The van der Waals surface area contributed by atoms with Crippen molar-refractivity contribution in [2.75, 3.05) is 63.6 Å². The lowest BCUT2D eigenvalue weighted by Crippen LogP contribution is -2.34. The zero-order chi connectivity index (χ0) is 22.2. The lowest BCUT2D eigenvalue weighted by atomic mass is 9.97. The van der Waals surface area contributed by atoms with Gasteiger partial charge in [-0.15, -0.1) is 0 Å². The summed E-state index contributed by atoms with van der Waals surface area (Å²) in [6, 6.07) is 9.94. The van der Waals surface area contributed by atoms with Crippen molar-refractivity contribution in [1.29, 1.82) is 0 Å². The Morgan fingerprint density at radius 2 is 1.94 bits per heavy atom. The van der Waals surface area contributed by atoms with Crippen molar-refractivity contribution >= 4 is 17.2 Å². The second-order valence-electron chi connectivity index (χ2n) is 8.84. The van der Waals surface area contributed by atoms with Crippen LogP contribution in [0.15, 0.2) is 36.5 Å². The zero-order valence-corrected chi connectivity index (χ0v) is 19.3. The number of nitrogens with zero attached hydrogens (tertiary/aromatic N) is 3. The first-order valence-corrected chi connectivity index (χ1v) is 12.0. The quantitative estimate of drug-likeness (QED) is 0.547. The fourth-order valence-corrected chi connectivity index (χ4v) is 4.66. The molecule has 4 rings (SSSR count). The van der Waals surface area contributed by atoms with Gasteiger partial charge in [-0.2, -0.15) is 0 Å². The molecule has 0 unspecified atom stereocenters. The van der Waals surface area contributed by atoms with E-state index >= 15 is 0 Å². The summed E-state index contributed by atoms with van der Waals surface area (Å²) in [5, 5.41) is 3.46. The van der Waals surface area contributed by atoms with Gasteiger partial charge in [0.25, 0.3) is 0 Å². The van der Waals surface area contributed by atoms with Crippen LogP contribution in [0.25, 0.3) is 0 Å². The SMILES string of the molecule is COc1ccc(N(CC2CCNCC2)c2cc(N)ccn2)cc1OCCCN1CCCC1. The smallest absolute Gasteiger partial charge is 0.163 e. The number of nitrogens with one attached hydrogen (secondary N) is 1. The molecule has 1 aromatic heterocycles. The third-order valence-corrected chi connectivity index (χ3v) is 6.48. The zero-order valence-electron chi connectivity index (χ0n) is 19.3. The number of ether oxygens (including phenoxy) is 2. The van der Waals surface area contributed by atoms with Crippen LogP contribution < -0.4 is 25.4 Å². The molecule has 0 radical (unpaired) electrons. The van der Waals surface area contributed by atoms with E-state index in [1.54, 1.807) is 13.3 Å². The van der Waals surface area contributed by atoms with Gasteiger partial charge in [-0.05, 0) is 82.4 Å². The third kappa shape index (κ3) is 6.04. The lowest BCUT2D eigenvalue weighted by Gasteiger charge is -2.31. The molecule has 0 amide bonds. The third-order valence-electron chi connectivity index (χ3n) is 6.48. The number of likely N-dealkylation sites (tertiary alicyclic amines) is 1. The number of aromatic nitrogens is 1. The van der Waals surface area contributed by atoms with Crippen LogP contribution in [-0.4, -0.2) is 62.9 Å². The van der Waals surface area contributed by atoms with Crippen LogP contribution in [-0.2, 0) is 0 Å². The molecule has 2 aromatic rings. The van der Waals surface area contributed by atoms with Crippen molar-refractivity contribution in [3.8, 4) is 11.5 Å². The van der Waals surface area contributed by atoms with Gasteiger partial charge in [0.1, 0.15) is 5.82 Å². The molecule has 3 N–H and O–H groups in total. The molecule has 7 nitrogen and oxygen atoms in total. The van der Waals surface area contributed by atoms with Gasteiger partial charge in [0, 0.05) is 42.8 Å². The molecule has 0 spiro atoms. The maximum Gasteiger partial charge on any atom is 0.163 e. The summed E-state index contributed by atoms with van der Waals surface area (Å²) in [4.78, 5) is 9.41. The van der Waals surface area contributed by atoms with E-state index in [9.17, 15) is 0 Å². The van der Waals surface area contributed by atoms with Crippen LogP contribution in [0.3, 0.4) is 0 Å². The Balaban J connectivity index is 1.50. The molecule has 7 heteroatoms. The highest BCUT2D eigenvalue weighted by Gasteiger charge is 2.21. The molecule has 2 aliphatic rings. The van der Waals surface area contributed by atoms with Gasteiger partial charge in [0.2, 0.25) is 0 Å². The van der Waals surface area contributed by atoms with E-state index in [0.717, 1.165) is 74.1 Å². The van der Waals surface area contributed by atoms with Crippen LogP contribution in [0.2, 0.25) is 0 Å². The summed E-state index contributed by atoms with van der Waals surface area (Å²) in [5.41, 5.74) is 7.86. The molecular weight excluding hydrogens is 402 g/mol. The first-order chi connectivity index (χ1) is 15.7. The summed E-state index contributed by atoms with van der Waals surface area (Å²) < 4.78 is 11.8. The predicted octanol–water partition coefficient (Wildman–Crippen LogP) is 3.67. The number of piperidine rings is 1. The van der Waals surface area contributed by atoms with E-state index in [1.807, 2.05) is 18.2 Å². The predicted molar refractivity (Wildman–Crippen MR) is 130 cm³/mol. The highest BCUT2D eigenvalue weighted by atomic mass is 16.5. The summed E-state index contributed by atoms with van der Waals surface area (Å²) in [7, 11) is 1.69. The summed E-state index contributed by atoms with van der Waals surface area (Å²) >= 11 is 0. The van der Waals surface area contributed by atoms with Crippen molar-refractivity contribution in [2.45, 2.75) is 32.1 Å². The Hall–Kier alpha value is -2.51. The van der Waals surface area contributed by atoms with E-state index in [4.69, 9.17) is 15.2 Å². The summed E-state index contributed by atoms with van der Waals surface area (Å²) in [6.45, 7) is 7.25. The first kappa shape index (κ1) is 22.7. The average Bonchev–Trinajstić information content (AvgIpc) is 3.34. The summed E-state index contributed by atoms with van der Waals surface area (Å²) in [5.74, 6) is 3.02. The standard InChI is InChI=1S/C25H37N5O2/c1-31-23-6-5-22(18-24(23)32-16-4-15-29-13-2-3-14-29)30(19-20-7-10-27-11-8-20)25-17-21(26)9-12-28-25/h5-6,9,12,17-18,20,27H,2-4,7-8,10-11,13-16,19H2,1H3,(H2,26,28). The Labute approximate surface area is 191 Å². The molecule has 0 aliphatic carbocycles. The monoisotopic (exact) mass is 439 g/mol. The molecule has 174 valence electrons. The molecule has 2 fully saturated rings. The van der Waals surface area contributed by atoms with E-state index in [0.29, 0.717) is 12.5 Å². The van der Waals surface area contributed by atoms with E-state index in [2.05, 4.69) is 32.2 Å². The molecule has 3 heterocycles. The highest BCUT2D eigenvalue weighted by Crippen LogP contribution is 2.35. The Morgan fingerprint density at radius 1 is 1.12 bits per heavy atom. The van der Waals surface area contributed by atoms with Gasteiger partial charge >= 0.3 is 0 Å². The molecule has 32 heavy (non-hydrogen) atoms. The normalized spacial score (nSPS) is 17.4. The van der Waals surface area contributed by atoms with Crippen molar-refractivity contribution < 1.29 is 9.47 Å². The molecule has 0 atom stereocenters. The number of methoxy groups -OCH3 is 1. The van der Waals surface area contributed by atoms with E-state index in [1.165, 1.54) is 25.9 Å². The first-order valence-electron chi connectivity index (χ1n) is 12.0. The van der Waals surface area contributed by atoms with Crippen molar-refractivity contribution in [1.82, 2.24) is 15.2 Å². The number of hydrogen-bond donors (Lipinski definition) is 2. The number of hydrogen-bond acceptors (Lipinski definition) is 7. The van der Waals surface area contributed by atoms with E-state index < -0.39 is 0 Å². The molecular formula is C25H37N5O2. The number of pyridine rings is 1. The molecule has 0 bridgehead atoms. The molecule has 0 saturated carbocycles. The fourth-order valence-electron chi connectivity index (χ4n) is 4.66. The van der Waals surface area contributed by atoms with Gasteiger partial charge in [-0.1, -0.05) is 0 Å². The maximum atomic E-state index is 6.19. The number of rotatable bonds is 10. The number of nitrogens with two attached hydrogens (primary N) is 1. The lowest BCUT2D eigenvalue weighted by molar-refractivity contribution is 0.254. The minimum Gasteiger partial charge on any atom is -0.493 e. The van der Waals surface area contributed by atoms with Crippen molar-refractivity contribution in [3.63, 3.8) is 0 Å². The van der Waals surface area contributed by atoms with Gasteiger partial charge in [0.15, 0.2) is 11.5 Å². The van der Waals surface area contributed by atoms with Gasteiger partial charge < -0.3 is 30.3 Å². The van der Waals surface area contributed by atoms with Crippen molar-refractivity contribution in [2.24, 2.45) is 5.92 Å². The largest absolute Gasteiger partial charge is 0.493 e. The molecule has 2 saturated heterocycles. The fraction of sp³-hybridized carbons (Fsp3) is 0.560. The Bertz CT molecular complexity index is 850. The highest BCUT2D eigenvalue weighted by molar-refractivity contribution is 5.66. The average molecular weight is 440 g/mol. The van der Waals surface area contributed by atoms with Gasteiger partial charge in [0.05, 0.1) is 13.7 Å². The second-order valence-corrected chi connectivity index (χ2v) is 8.84. The van der Waals surface area contributed by atoms with Gasteiger partial charge in [-0.3, -0.25) is 0 Å². The topological polar surface area (TPSA) is 75.9 Å². The minimum absolute atomic E-state index is 0.603. The maximum absolute atomic E-state index is 6.19. The number of benzene rings is 1. The van der Waals surface area contributed by atoms with Crippen LogP contribution in [0.5, 0.6) is 11.5 Å². The minimum atomic E-state index is 0.603. The number of nitrogen functional groups attached to an aromatic ring is 1. The number of anilines is 3. The molecule has 2 aliphatic heterocycles. The van der Waals surface area contributed by atoms with Crippen LogP contribution >= 0.6 is 0 Å². The van der Waals surface area contributed by atoms with Crippen molar-refractivity contribution in [3.05, 3.63) is 36.5 Å². The summed E-state index contributed by atoms with van der Waals surface area (Å²) in [6.07, 6.45) is 7.76. The molecule has 1 aromatic carbocycles.